The number of rotatable bonds is 104. The molecule has 844 valence electrons. The highest BCUT2D eigenvalue weighted by atomic mass is 16.6. The standard InChI is InChI=1S/C102H165N11O36/c1-83(111-112-99(121)89-13-10-85(11-14-89)77-113-94(118)20-21-95(113)119)87-15-17-88(18-16-87)98(120)110-102(80-147-31-24-92(116)104-26-33-126-41-45-132-49-47-128-37-35-122-2,81-148-32-25-93(117)105-27-34-127-42-46-133-53-56-137-61-64-141-66-65-138-58-57-134-50-48-129-38-36-123-3)79-146-30-23-90(114)5-4-28-124-39-43-130-51-54-135-59-62-139-67-69-142-71-73-144-75-76-145-74-72-143-70-68-140-63-60-136-55-52-131-44-40-125-29-22-91(115)19-12-84-6-8-86(9-7-84)78-149-100-96-97(107-82-106-96)108-101(103)109-100/h6-9,15-18,20-21,82,85,89H,4-5,10-14,19,22-81H2,1-3H3,(H,104,116)(H,105,117)(H,110,120)(H,112,121)(H3,103,106,107,108,109)/b111-83+. The summed E-state index contributed by atoms with van der Waals surface area (Å²) in [5.41, 5.74) is 11.4. The molecule has 6 amide bonds. The summed E-state index contributed by atoms with van der Waals surface area (Å²) < 4.78 is 157. The third-order valence-corrected chi connectivity index (χ3v) is 22.1. The van der Waals surface area contributed by atoms with Gasteiger partial charge in [-0.2, -0.15) is 15.1 Å². The Bertz CT molecular complexity index is 4120. The van der Waals surface area contributed by atoms with Crippen molar-refractivity contribution in [3.05, 3.63) is 89.3 Å². The minimum atomic E-state index is -1.45. The van der Waals surface area contributed by atoms with Crippen molar-refractivity contribution < 1.29 is 171 Å². The van der Waals surface area contributed by atoms with Gasteiger partial charge in [0.05, 0.1) is 349 Å². The van der Waals surface area contributed by atoms with Gasteiger partial charge in [-0.15, -0.1) is 0 Å². The van der Waals surface area contributed by atoms with Crippen molar-refractivity contribution >= 4 is 69.8 Å². The number of ether oxygens (including phenoxy) is 28. The number of nitrogens with two attached hydrogens (primary N) is 1. The number of benzene rings is 2. The molecule has 2 aromatic heterocycles. The van der Waals surface area contributed by atoms with Gasteiger partial charge in [0.25, 0.3) is 17.7 Å². The second kappa shape index (κ2) is 88.7. The first kappa shape index (κ1) is 129. The van der Waals surface area contributed by atoms with E-state index in [9.17, 15) is 38.4 Å². The Hall–Kier alpha value is -8.72. The molecule has 1 unspecified atom stereocenters. The minimum Gasteiger partial charge on any atom is -0.471 e. The molecule has 4 aromatic rings. The van der Waals surface area contributed by atoms with Crippen molar-refractivity contribution in [1.82, 2.24) is 46.2 Å². The molecule has 1 atom stereocenters. The summed E-state index contributed by atoms with van der Waals surface area (Å²) >= 11 is 0. The van der Waals surface area contributed by atoms with Crippen LogP contribution in [0.15, 0.2) is 72.1 Å². The van der Waals surface area contributed by atoms with E-state index in [0.29, 0.717) is 377 Å². The fourth-order valence-electron chi connectivity index (χ4n) is 13.9. The van der Waals surface area contributed by atoms with E-state index in [1.165, 1.54) is 23.4 Å². The quantitative estimate of drug-likeness (QED) is 0.0159. The van der Waals surface area contributed by atoms with Gasteiger partial charge in [-0.05, 0) is 80.2 Å². The molecule has 1 saturated carbocycles. The number of carbonyl (C=O) groups excluding carboxylic acids is 8. The Kier molecular flexibility index (Phi) is 76.8. The van der Waals surface area contributed by atoms with Crippen molar-refractivity contribution in [2.24, 2.45) is 16.9 Å². The van der Waals surface area contributed by atoms with Gasteiger partial charge in [-0.1, -0.05) is 36.4 Å². The lowest BCUT2D eigenvalue weighted by Gasteiger charge is -2.34. The van der Waals surface area contributed by atoms with E-state index < -0.39 is 11.4 Å². The molecule has 3 heterocycles. The number of aromatic amines is 1. The maximum absolute atomic E-state index is 14.5. The highest BCUT2D eigenvalue weighted by Gasteiger charge is 2.36. The minimum absolute atomic E-state index is 0.0336. The van der Waals surface area contributed by atoms with Crippen LogP contribution < -0.4 is 31.8 Å². The van der Waals surface area contributed by atoms with Crippen LogP contribution in [0, 0.1) is 11.8 Å². The van der Waals surface area contributed by atoms with Gasteiger partial charge < -0.3 is 159 Å². The molecule has 1 aliphatic carbocycles. The van der Waals surface area contributed by atoms with Crippen LogP contribution >= 0.6 is 0 Å². The molecule has 149 heavy (non-hydrogen) atoms. The maximum atomic E-state index is 14.5. The maximum Gasteiger partial charge on any atom is 0.253 e. The molecule has 2 aromatic carbocycles. The van der Waals surface area contributed by atoms with Gasteiger partial charge in [0, 0.05) is 103 Å². The van der Waals surface area contributed by atoms with Gasteiger partial charge in [0.1, 0.15) is 29.2 Å². The number of nitrogen functional groups attached to an aromatic ring is 1. The topological polar surface area (TPSA) is 539 Å². The van der Waals surface area contributed by atoms with E-state index in [1.54, 1.807) is 45.4 Å². The number of hydrazone groups is 1. The summed E-state index contributed by atoms with van der Waals surface area (Å²) in [5.74, 6) is -1.81. The van der Waals surface area contributed by atoms with Crippen LogP contribution in [0.3, 0.4) is 0 Å². The van der Waals surface area contributed by atoms with Crippen molar-refractivity contribution in [3.63, 3.8) is 0 Å². The van der Waals surface area contributed by atoms with Crippen molar-refractivity contribution in [3.8, 4) is 5.88 Å². The number of imidazole rings is 1. The molecule has 0 saturated heterocycles. The number of nitrogens with zero attached hydrogens (tertiary/aromatic N) is 5. The highest BCUT2D eigenvalue weighted by Crippen LogP contribution is 2.31. The van der Waals surface area contributed by atoms with Gasteiger partial charge in [0.15, 0.2) is 5.65 Å². The number of imide groups is 1. The number of Topliss-reactive ketones (excluding diaryl/α,β-unsaturated/α-hetero) is 2. The van der Waals surface area contributed by atoms with Crippen LogP contribution in [0.1, 0.15) is 105 Å². The van der Waals surface area contributed by atoms with Crippen LogP contribution in [-0.4, -0.2) is 461 Å². The molecule has 1 fully saturated rings. The first-order valence-electron chi connectivity index (χ1n) is 51.6. The molecule has 0 radical (unpaired) electrons. The monoisotopic (exact) mass is 2120 g/mol. The molecule has 0 bridgehead atoms. The van der Waals surface area contributed by atoms with Crippen molar-refractivity contribution in [1.29, 1.82) is 0 Å². The zero-order valence-corrected chi connectivity index (χ0v) is 87.6. The smallest absolute Gasteiger partial charge is 0.253 e. The highest BCUT2D eigenvalue weighted by molar-refractivity contribution is 6.13. The zero-order valence-electron chi connectivity index (χ0n) is 87.6. The third-order valence-electron chi connectivity index (χ3n) is 22.1. The van der Waals surface area contributed by atoms with E-state index in [-0.39, 0.29) is 163 Å². The first-order chi connectivity index (χ1) is 73.1. The lowest BCUT2D eigenvalue weighted by atomic mass is 9.81. The second-order valence-electron chi connectivity index (χ2n) is 33.9. The van der Waals surface area contributed by atoms with E-state index >= 15 is 0 Å². The van der Waals surface area contributed by atoms with E-state index in [1.807, 2.05) is 24.3 Å². The zero-order chi connectivity index (χ0) is 106. The molecule has 1 aliphatic heterocycles. The van der Waals surface area contributed by atoms with E-state index in [4.69, 9.17) is 138 Å². The SMILES string of the molecule is COCCOCCOCCOCCNC(=O)CCOCC(COCCC(=O)CCCOCCOCCOCCOCCOCCOCCOCCOCCOCCOCCOCCOCCC(=O)CCc1ccc(COc2nc(N)nc3nc[nH]c23)cc1)(COCCC(=O)NCCOCCOCCOCCOCCOCCOCCOCCOC)NC(=O)c1ccc(/C(C)=N/NC(=O)C2CCC(CN3C(=O)C=CC3=O)CC2)cc1. The molecule has 7 N–H and O–H groups in total. The number of hydrogen-bond acceptors (Lipinski definition) is 41. The van der Waals surface area contributed by atoms with Crippen LogP contribution in [0.4, 0.5) is 5.95 Å². The summed E-state index contributed by atoms with van der Waals surface area (Å²) in [6, 6.07) is 14.5. The second-order valence-corrected chi connectivity index (χ2v) is 33.9. The molecule has 2 aliphatic rings. The van der Waals surface area contributed by atoms with Crippen LogP contribution in [0.25, 0.3) is 11.2 Å². The Balaban J connectivity index is 0.781. The summed E-state index contributed by atoms with van der Waals surface area (Å²) in [5, 5.41) is 13.1. The number of ketones is 2. The average molecular weight is 2120 g/mol. The van der Waals surface area contributed by atoms with Crippen LogP contribution in [0.5, 0.6) is 5.88 Å². The predicted octanol–water partition coefficient (Wildman–Crippen LogP) is 3.61. The third kappa shape index (κ3) is 66.8. The number of aromatic nitrogens is 4. The number of amides is 6. The number of H-pyrrole nitrogens is 1. The van der Waals surface area contributed by atoms with Crippen LogP contribution in [-0.2, 0) is 174 Å². The van der Waals surface area contributed by atoms with E-state index in [0.717, 1.165) is 11.1 Å². The van der Waals surface area contributed by atoms with Crippen molar-refractivity contribution in [2.75, 3.05) is 383 Å². The summed E-state index contributed by atoms with van der Waals surface area (Å²) in [7, 11) is 3.23. The normalized spacial score (nSPS) is 14.2. The van der Waals surface area contributed by atoms with Gasteiger partial charge >= 0.3 is 0 Å². The fraction of sp³-hybridized carbons (Fsp3) is 0.725. The Morgan fingerprint density at radius 3 is 1.13 bits per heavy atom. The predicted molar refractivity (Wildman–Crippen MR) is 541 cm³/mol. The van der Waals surface area contributed by atoms with Gasteiger partial charge in [-0.25, -0.2) is 10.4 Å². The van der Waals surface area contributed by atoms with E-state index in [2.05, 4.69) is 46.4 Å². The fourth-order valence-corrected chi connectivity index (χ4v) is 13.9. The number of carbonyl (C=O) groups is 8. The number of aryl methyl sites for hydroxylation is 1. The summed E-state index contributed by atoms with van der Waals surface area (Å²) in [6.07, 6.45) is 8.54. The Labute approximate surface area is 874 Å². The number of nitrogens with one attached hydrogen (secondary N) is 5. The largest absolute Gasteiger partial charge is 0.471 e. The molecular formula is C102H165N11O36. The lowest BCUT2D eigenvalue weighted by Crippen LogP contribution is -2.58. The molecular weight excluding hydrogens is 1960 g/mol. The van der Waals surface area contributed by atoms with Gasteiger partial charge in [-0.3, -0.25) is 43.3 Å². The summed E-state index contributed by atoms with van der Waals surface area (Å²) in [6.45, 7) is 20.4. The summed E-state index contributed by atoms with van der Waals surface area (Å²) in [4.78, 5) is 121. The molecule has 47 heteroatoms. The average Bonchev–Trinajstić information content (AvgIpc) is 1.73. The van der Waals surface area contributed by atoms with Gasteiger partial charge in [0.2, 0.25) is 29.5 Å². The molecule has 0 spiro atoms. The number of methoxy groups -OCH3 is 2. The molecule has 6 rings (SSSR count). The number of fused-ring (bicyclic) bond motifs is 1. The van der Waals surface area contributed by atoms with Crippen molar-refractivity contribution in [2.45, 2.75) is 96.1 Å². The number of hydrogen-bond donors (Lipinski definition) is 6. The number of anilines is 1. The first-order valence-corrected chi connectivity index (χ1v) is 51.6. The Morgan fingerprint density at radius 1 is 0.396 bits per heavy atom. The lowest BCUT2D eigenvalue weighted by molar-refractivity contribution is -0.138. The Morgan fingerprint density at radius 2 is 0.738 bits per heavy atom. The molecule has 47 nitrogen and oxygen atoms in total. The van der Waals surface area contributed by atoms with Crippen LogP contribution in [0.2, 0.25) is 0 Å².